The molecule has 0 aliphatic heterocycles. The minimum Gasteiger partial charge on any atom is -0.262 e. The molecule has 0 atom stereocenters. The fourth-order valence-corrected chi connectivity index (χ4v) is 4.27. The summed E-state index contributed by atoms with van der Waals surface area (Å²) in [5.74, 6) is 0. The zero-order valence-electron chi connectivity index (χ0n) is 14.0. The second-order valence-electron chi connectivity index (χ2n) is 5.74. The number of anilines is 1. The number of hydrogen-bond acceptors (Lipinski definition) is 4. The largest absolute Gasteiger partial charge is 0.273 e. The van der Waals surface area contributed by atoms with Gasteiger partial charge in [-0.1, -0.05) is 60.1 Å². The van der Waals surface area contributed by atoms with E-state index in [2.05, 4.69) is 0 Å². The smallest absolute Gasteiger partial charge is 0.262 e. The Morgan fingerprint density at radius 1 is 0.926 bits per heavy atom. The molecule has 0 N–H and O–H groups in total. The van der Waals surface area contributed by atoms with Gasteiger partial charge in [-0.05, 0) is 23.8 Å². The molecule has 0 fully saturated rings. The molecule has 0 unspecified atom stereocenters. The topological polar surface area (TPSA) is 80.5 Å². The summed E-state index contributed by atoms with van der Waals surface area (Å²) in [5, 5.41) is 11.3. The maximum absolute atomic E-state index is 13.2. The molecule has 0 aliphatic carbocycles. The average molecular weight is 403 g/mol. The van der Waals surface area contributed by atoms with Crippen molar-refractivity contribution < 1.29 is 13.3 Å². The summed E-state index contributed by atoms with van der Waals surface area (Å²) >= 11 is 6.01. The fourth-order valence-electron chi connectivity index (χ4n) is 2.59. The molecule has 0 heterocycles. The molecule has 0 spiro atoms. The highest BCUT2D eigenvalue weighted by Crippen LogP contribution is 2.31. The number of benzene rings is 3. The van der Waals surface area contributed by atoms with Gasteiger partial charge < -0.3 is 0 Å². The molecule has 0 saturated carbocycles. The van der Waals surface area contributed by atoms with E-state index in [0.29, 0.717) is 0 Å². The molecule has 3 rings (SSSR count). The molecule has 138 valence electrons. The zero-order valence-corrected chi connectivity index (χ0v) is 15.6. The maximum Gasteiger partial charge on any atom is 0.273 e. The molecule has 0 aliphatic rings. The van der Waals surface area contributed by atoms with Crippen molar-refractivity contribution in [1.29, 1.82) is 0 Å². The predicted octanol–water partition coefficient (Wildman–Crippen LogP) is 4.64. The van der Waals surface area contributed by atoms with Crippen LogP contribution in [0, 0.1) is 10.1 Å². The van der Waals surface area contributed by atoms with E-state index < -0.39 is 14.9 Å². The molecule has 0 aromatic heterocycles. The van der Waals surface area contributed by atoms with Gasteiger partial charge in [0.1, 0.15) is 0 Å². The van der Waals surface area contributed by atoms with E-state index in [-0.39, 0.29) is 27.8 Å². The Morgan fingerprint density at radius 2 is 1.52 bits per heavy atom. The van der Waals surface area contributed by atoms with Crippen LogP contribution in [0.3, 0.4) is 0 Å². The third kappa shape index (κ3) is 4.27. The number of nitrogens with zero attached hydrogens (tertiary/aromatic N) is 2. The van der Waals surface area contributed by atoms with Gasteiger partial charge in [-0.3, -0.25) is 14.4 Å². The second-order valence-corrected chi connectivity index (χ2v) is 8.03. The van der Waals surface area contributed by atoms with E-state index in [1.165, 1.54) is 30.3 Å². The molecule has 8 heteroatoms. The Labute approximate surface area is 161 Å². The minimum absolute atomic E-state index is 0.00949. The van der Waals surface area contributed by atoms with Gasteiger partial charge in [0.25, 0.3) is 15.7 Å². The van der Waals surface area contributed by atoms with Crippen LogP contribution in [-0.2, 0) is 16.6 Å². The summed E-state index contributed by atoms with van der Waals surface area (Å²) < 4.78 is 27.6. The van der Waals surface area contributed by atoms with Crippen LogP contribution < -0.4 is 4.31 Å². The first-order valence-corrected chi connectivity index (χ1v) is 9.76. The van der Waals surface area contributed by atoms with Gasteiger partial charge in [-0.25, -0.2) is 8.42 Å². The number of nitro groups is 1. The third-order valence-electron chi connectivity index (χ3n) is 3.87. The molecule has 3 aromatic rings. The Morgan fingerprint density at radius 3 is 2.11 bits per heavy atom. The van der Waals surface area contributed by atoms with Gasteiger partial charge in [-0.15, -0.1) is 0 Å². The summed E-state index contributed by atoms with van der Waals surface area (Å²) in [6.07, 6.45) is 0. The Kier molecular flexibility index (Phi) is 5.43. The first kappa shape index (κ1) is 18.9. The van der Waals surface area contributed by atoms with Crippen molar-refractivity contribution in [2.45, 2.75) is 11.4 Å². The first-order chi connectivity index (χ1) is 12.9. The number of nitro benzene ring substituents is 1. The van der Waals surface area contributed by atoms with E-state index in [9.17, 15) is 18.5 Å². The van der Waals surface area contributed by atoms with Crippen LogP contribution in [0.5, 0.6) is 0 Å². The molecule has 0 bridgehead atoms. The number of non-ortho nitro benzene ring substituents is 1. The summed E-state index contributed by atoms with van der Waals surface area (Å²) in [6.45, 7) is 0.00949. The van der Waals surface area contributed by atoms with E-state index in [1.807, 2.05) is 6.07 Å². The average Bonchev–Trinajstić information content (AvgIpc) is 2.67. The van der Waals surface area contributed by atoms with Crippen molar-refractivity contribution in [3.63, 3.8) is 0 Å². The van der Waals surface area contributed by atoms with Crippen molar-refractivity contribution in [3.05, 3.63) is 99.6 Å². The van der Waals surface area contributed by atoms with Crippen LogP contribution in [0.4, 0.5) is 11.4 Å². The number of hydrogen-bond donors (Lipinski definition) is 0. The Balaban J connectivity index is 2.15. The van der Waals surface area contributed by atoms with Crippen LogP contribution in [0.2, 0.25) is 5.02 Å². The van der Waals surface area contributed by atoms with E-state index >= 15 is 0 Å². The monoisotopic (exact) mass is 402 g/mol. The van der Waals surface area contributed by atoms with Crippen molar-refractivity contribution in [1.82, 2.24) is 0 Å². The SMILES string of the molecule is O=[N+]([O-])c1cc(Cl)cc(N(Cc2ccccc2)S(=O)(=O)c2ccccc2)c1. The zero-order chi connectivity index (χ0) is 19.4. The van der Waals surface area contributed by atoms with Crippen LogP contribution in [0.25, 0.3) is 0 Å². The molecular weight excluding hydrogens is 388 g/mol. The maximum atomic E-state index is 13.2. The van der Waals surface area contributed by atoms with Crippen LogP contribution in [0.1, 0.15) is 5.56 Å². The standard InChI is InChI=1S/C19H15ClN2O4S/c20-16-11-17(13-18(12-16)22(23)24)21(14-15-7-3-1-4-8-15)27(25,26)19-9-5-2-6-10-19/h1-13H,14H2. The molecule has 0 saturated heterocycles. The van der Waals surface area contributed by atoms with Crippen molar-refractivity contribution in [2.75, 3.05) is 4.31 Å². The van der Waals surface area contributed by atoms with Gasteiger partial charge in [-0.2, -0.15) is 0 Å². The highest BCUT2D eigenvalue weighted by atomic mass is 35.5. The molecule has 0 amide bonds. The molecule has 3 aromatic carbocycles. The molecule has 6 nitrogen and oxygen atoms in total. The highest BCUT2D eigenvalue weighted by Gasteiger charge is 2.27. The van der Waals surface area contributed by atoms with Crippen molar-refractivity contribution >= 4 is 33.0 Å². The van der Waals surface area contributed by atoms with Crippen molar-refractivity contribution in [2.24, 2.45) is 0 Å². The lowest BCUT2D eigenvalue weighted by atomic mass is 10.2. The minimum atomic E-state index is -3.96. The second kappa shape index (κ2) is 7.77. The summed E-state index contributed by atoms with van der Waals surface area (Å²) in [4.78, 5) is 10.7. The normalized spacial score (nSPS) is 11.1. The quantitative estimate of drug-likeness (QED) is 0.444. The van der Waals surface area contributed by atoms with E-state index in [0.717, 1.165) is 9.87 Å². The van der Waals surface area contributed by atoms with Gasteiger partial charge in [0.15, 0.2) is 0 Å². The van der Waals surface area contributed by atoms with Crippen LogP contribution in [0.15, 0.2) is 83.8 Å². The number of halogens is 1. The van der Waals surface area contributed by atoms with E-state index in [1.54, 1.807) is 42.5 Å². The fraction of sp³-hybridized carbons (Fsp3) is 0.0526. The summed E-state index contributed by atoms with van der Waals surface area (Å²) in [5.41, 5.74) is 0.584. The summed E-state index contributed by atoms with van der Waals surface area (Å²) in [7, 11) is -3.96. The van der Waals surface area contributed by atoms with Crippen LogP contribution in [-0.4, -0.2) is 13.3 Å². The van der Waals surface area contributed by atoms with Gasteiger partial charge >= 0.3 is 0 Å². The van der Waals surface area contributed by atoms with Gasteiger partial charge in [0.2, 0.25) is 0 Å². The number of rotatable bonds is 6. The Hall–Kier alpha value is -2.90. The first-order valence-electron chi connectivity index (χ1n) is 7.94. The predicted molar refractivity (Wildman–Crippen MR) is 104 cm³/mol. The van der Waals surface area contributed by atoms with Gasteiger partial charge in [0.05, 0.1) is 22.1 Å². The van der Waals surface area contributed by atoms with E-state index in [4.69, 9.17) is 11.6 Å². The molecular formula is C19H15ClN2O4S. The number of sulfonamides is 1. The molecule has 0 radical (unpaired) electrons. The molecule has 27 heavy (non-hydrogen) atoms. The lowest BCUT2D eigenvalue weighted by Gasteiger charge is -2.25. The lowest BCUT2D eigenvalue weighted by Crippen LogP contribution is -2.30. The van der Waals surface area contributed by atoms with Crippen molar-refractivity contribution in [3.8, 4) is 0 Å². The lowest BCUT2D eigenvalue weighted by molar-refractivity contribution is -0.384. The Bertz CT molecular complexity index is 1060. The summed E-state index contributed by atoms with van der Waals surface area (Å²) in [6, 6.07) is 20.7. The van der Waals surface area contributed by atoms with Gasteiger partial charge in [0, 0.05) is 17.2 Å². The van der Waals surface area contributed by atoms with Crippen LogP contribution >= 0.6 is 11.6 Å². The third-order valence-corrected chi connectivity index (χ3v) is 5.87. The highest BCUT2D eigenvalue weighted by molar-refractivity contribution is 7.92.